The summed E-state index contributed by atoms with van der Waals surface area (Å²) >= 11 is 10.1. The number of carboxylic acids is 1. The molecule has 10 heteroatoms. The molecule has 5 rings (SSSR count). The molecule has 186 valence electrons. The summed E-state index contributed by atoms with van der Waals surface area (Å²) < 4.78 is 12.1. The molecule has 0 unspecified atom stereocenters. The van der Waals surface area contributed by atoms with E-state index in [1.807, 2.05) is 19.1 Å². The average molecular weight is 574 g/mol. The van der Waals surface area contributed by atoms with Gasteiger partial charge >= 0.3 is 5.97 Å². The van der Waals surface area contributed by atoms with E-state index in [1.165, 1.54) is 18.3 Å². The molecule has 1 heterocycles. The average Bonchev–Trinajstić information content (AvgIpc) is 3.55. The lowest BCUT2D eigenvalue weighted by Crippen LogP contribution is -2.28. The van der Waals surface area contributed by atoms with Gasteiger partial charge in [-0.05, 0) is 64.9 Å². The van der Waals surface area contributed by atoms with Crippen LogP contribution in [0.5, 0.6) is 11.5 Å². The normalized spacial score (nSPS) is 24.1. The molecular weight excluding hydrogens is 552 g/mol. The van der Waals surface area contributed by atoms with Crippen molar-refractivity contribution in [1.29, 1.82) is 0 Å². The van der Waals surface area contributed by atoms with E-state index in [2.05, 4.69) is 21.0 Å². The van der Waals surface area contributed by atoms with Crippen LogP contribution in [0.2, 0.25) is 5.02 Å². The monoisotopic (exact) mass is 572 g/mol. The number of imide groups is 1. The zero-order valence-electron chi connectivity index (χ0n) is 19.2. The molecule has 2 aromatic rings. The highest BCUT2D eigenvalue weighted by atomic mass is 79.9. The first kappa shape index (κ1) is 24.5. The molecule has 4 atom stereocenters. The van der Waals surface area contributed by atoms with Crippen molar-refractivity contribution in [1.82, 2.24) is 5.01 Å². The smallest absolute Gasteiger partial charge is 0.335 e. The topological polar surface area (TPSA) is 106 Å². The molecule has 2 fully saturated rings. The molecule has 2 aromatic carbocycles. The van der Waals surface area contributed by atoms with E-state index in [0.29, 0.717) is 28.1 Å². The summed E-state index contributed by atoms with van der Waals surface area (Å²) in [7, 11) is 0. The largest absolute Gasteiger partial charge is 0.490 e. The minimum absolute atomic E-state index is 0.110. The Bertz CT molecular complexity index is 1280. The quantitative estimate of drug-likeness (QED) is 0.273. The number of aromatic carboxylic acids is 1. The van der Waals surface area contributed by atoms with Gasteiger partial charge in [-0.25, -0.2) is 4.79 Å². The number of hydrogen-bond acceptors (Lipinski definition) is 6. The molecule has 1 aliphatic heterocycles. The van der Waals surface area contributed by atoms with Crippen molar-refractivity contribution in [3.63, 3.8) is 0 Å². The second-order valence-corrected chi connectivity index (χ2v) is 10.0. The molecule has 2 bridgehead atoms. The molecule has 2 amide bonds. The van der Waals surface area contributed by atoms with Gasteiger partial charge in [0.2, 0.25) is 0 Å². The van der Waals surface area contributed by atoms with Crippen LogP contribution in [-0.4, -0.2) is 40.7 Å². The van der Waals surface area contributed by atoms with Gasteiger partial charge in [0.1, 0.15) is 11.6 Å². The molecule has 1 saturated heterocycles. The zero-order valence-corrected chi connectivity index (χ0v) is 21.5. The molecular formula is C26H22BrClN2O6. The number of hydrazone groups is 1. The van der Waals surface area contributed by atoms with E-state index in [-0.39, 0.29) is 52.7 Å². The van der Waals surface area contributed by atoms with Crippen LogP contribution in [0, 0.1) is 23.7 Å². The first-order valence-electron chi connectivity index (χ1n) is 11.5. The van der Waals surface area contributed by atoms with Crippen molar-refractivity contribution in [2.24, 2.45) is 28.8 Å². The SMILES string of the molecule is CCOc1cc(C=NN2C(=O)[C@@H]3[C@H](C2=O)[C@H]2C=C[C@H]3C2)c(Br)c(Cl)c1OCc1ccc(C(=O)O)cc1. The van der Waals surface area contributed by atoms with Crippen LogP contribution in [0.1, 0.15) is 34.8 Å². The number of carbonyl (C=O) groups is 3. The standard InChI is InChI=1S/C26H22BrClN2O6/c1-2-35-18-10-17(11-29-30-24(31)19-15-7-8-16(9-15)20(19)25(30)32)21(27)22(28)23(18)36-12-13-3-5-14(6-4-13)26(33)34/h3-8,10-11,15-16,19-20H,2,9,12H2,1H3,(H,33,34)/t15-,16-,19-,20+/m0/s1. The summed E-state index contributed by atoms with van der Waals surface area (Å²) in [4.78, 5) is 36.9. The molecule has 0 aromatic heterocycles. The van der Waals surface area contributed by atoms with Gasteiger partial charge in [0.15, 0.2) is 11.5 Å². The maximum Gasteiger partial charge on any atom is 0.335 e. The van der Waals surface area contributed by atoms with Gasteiger partial charge in [-0.1, -0.05) is 35.9 Å². The number of allylic oxidation sites excluding steroid dienone is 2. The Morgan fingerprint density at radius 2 is 1.81 bits per heavy atom. The lowest BCUT2D eigenvalue weighted by molar-refractivity contribution is -0.140. The van der Waals surface area contributed by atoms with Crippen molar-refractivity contribution < 1.29 is 29.0 Å². The molecule has 0 spiro atoms. The number of rotatable bonds is 8. The van der Waals surface area contributed by atoms with Crippen LogP contribution in [0.15, 0.2) is 52.1 Å². The number of benzene rings is 2. The number of carboxylic acid groups (broad SMARTS) is 1. The van der Waals surface area contributed by atoms with Crippen LogP contribution in [0.3, 0.4) is 0 Å². The van der Waals surface area contributed by atoms with Crippen LogP contribution in [-0.2, 0) is 16.2 Å². The van der Waals surface area contributed by atoms with E-state index < -0.39 is 5.97 Å². The summed E-state index contributed by atoms with van der Waals surface area (Å²) in [5, 5.41) is 14.5. The van der Waals surface area contributed by atoms with Crippen molar-refractivity contribution in [3.05, 3.63) is 68.7 Å². The maximum absolute atomic E-state index is 12.9. The third-order valence-corrected chi connectivity index (χ3v) is 8.24. The fourth-order valence-electron chi connectivity index (χ4n) is 5.12. The fraction of sp³-hybridized carbons (Fsp3) is 0.308. The summed E-state index contributed by atoms with van der Waals surface area (Å²) in [5.41, 5.74) is 1.45. The van der Waals surface area contributed by atoms with Crippen molar-refractivity contribution in [2.45, 2.75) is 20.0 Å². The van der Waals surface area contributed by atoms with Crippen LogP contribution in [0.4, 0.5) is 0 Å². The minimum Gasteiger partial charge on any atom is -0.490 e. The third-order valence-electron chi connectivity index (χ3n) is 6.80. The summed E-state index contributed by atoms with van der Waals surface area (Å²) in [6.45, 7) is 2.30. The van der Waals surface area contributed by atoms with Gasteiger partial charge in [-0.2, -0.15) is 10.1 Å². The lowest BCUT2D eigenvalue weighted by atomic mass is 9.85. The number of halogens is 2. The van der Waals surface area contributed by atoms with E-state index in [1.54, 1.807) is 18.2 Å². The number of amides is 2. The Kier molecular flexibility index (Phi) is 6.61. The van der Waals surface area contributed by atoms with Crippen molar-refractivity contribution >= 4 is 51.5 Å². The molecule has 1 saturated carbocycles. The Morgan fingerprint density at radius 3 is 2.39 bits per heavy atom. The van der Waals surface area contributed by atoms with Gasteiger partial charge in [-0.15, -0.1) is 0 Å². The fourth-order valence-corrected chi connectivity index (χ4v) is 5.77. The molecule has 36 heavy (non-hydrogen) atoms. The van der Waals surface area contributed by atoms with Crippen LogP contribution < -0.4 is 9.47 Å². The summed E-state index contributed by atoms with van der Waals surface area (Å²) in [5.74, 6) is -1.29. The predicted octanol–water partition coefficient (Wildman–Crippen LogP) is 4.92. The van der Waals surface area contributed by atoms with Gasteiger partial charge in [0.25, 0.3) is 11.8 Å². The highest BCUT2D eigenvalue weighted by molar-refractivity contribution is 9.10. The van der Waals surface area contributed by atoms with Crippen molar-refractivity contribution in [2.75, 3.05) is 6.61 Å². The highest BCUT2D eigenvalue weighted by Gasteiger charge is 2.59. The number of carbonyl (C=O) groups excluding carboxylic acids is 2. The van der Waals surface area contributed by atoms with Crippen molar-refractivity contribution in [3.8, 4) is 11.5 Å². The third kappa shape index (κ3) is 4.20. The Morgan fingerprint density at radius 1 is 1.17 bits per heavy atom. The number of ether oxygens (including phenoxy) is 2. The van der Waals surface area contributed by atoms with E-state index in [4.69, 9.17) is 26.2 Å². The number of fused-ring (bicyclic) bond motifs is 5. The molecule has 0 radical (unpaired) electrons. The number of hydrogen-bond donors (Lipinski definition) is 1. The van der Waals surface area contributed by atoms with E-state index in [9.17, 15) is 14.4 Å². The second-order valence-electron chi connectivity index (χ2n) is 8.88. The predicted molar refractivity (Wildman–Crippen MR) is 135 cm³/mol. The molecule has 1 N–H and O–H groups in total. The highest BCUT2D eigenvalue weighted by Crippen LogP contribution is 2.52. The van der Waals surface area contributed by atoms with Crippen LogP contribution in [0.25, 0.3) is 0 Å². The van der Waals surface area contributed by atoms with E-state index in [0.717, 1.165) is 17.0 Å². The van der Waals surface area contributed by atoms with Crippen LogP contribution >= 0.6 is 27.5 Å². The summed E-state index contributed by atoms with van der Waals surface area (Å²) in [6.07, 6.45) is 6.34. The van der Waals surface area contributed by atoms with Gasteiger partial charge in [0.05, 0.1) is 30.2 Å². The molecule has 3 aliphatic rings. The first-order chi connectivity index (χ1) is 17.3. The maximum atomic E-state index is 12.9. The Balaban J connectivity index is 1.37. The molecule has 2 aliphatic carbocycles. The summed E-state index contributed by atoms with van der Waals surface area (Å²) in [6, 6.07) is 7.99. The minimum atomic E-state index is -1.00. The van der Waals surface area contributed by atoms with Gasteiger partial charge in [-0.3, -0.25) is 9.59 Å². The van der Waals surface area contributed by atoms with Gasteiger partial charge in [0, 0.05) is 10.0 Å². The van der Waals surface area contributed by atoms with E-state index >= 15 is 0 Å². The molecule has 8 nitrogen and oxygen atoms in total. The second kappa shape index (κ2) is 9.71. The van der Waals surface area contributed by atoms with Gasteiger partial charge < -0.3 is 14.6 Å². The number of nitrogens with zero attached hydrogens (tertiary/aromatic N) is 2. The Hall–Kier alpha value is -3.17. The Labute approximate surface area is 220 Å². The lowest BCUT2D eigenvalue weighted by Gasteiger charge is -2.16. The first-order valence-corrected chi connectivity index (χ1v) is 12.7. The zero-order chi connectivity index (χ0) is 25.6.